The van der Waals surface area contributed by atoms with Crippen molar-refractivity contribution in [3.63, 3.8) is 0 Å². The molecule has 0 aromatic carbocycles. The first-order valence-corrected chi connectivity index (χ1v) is 42.5. The van der Waals surface area contributed by atoms with E-state index in [4.69, 9.17) is 37.0 Å². The number of phosphoric ester groups is 2. The number of unbranched alkanes of at least 4 members (excludes halogenated alkanes) is 45. The van der Waals surface area contributed by atoms with E-state index in [1.807, 2.05) is 0 Å². The van der Waals surface area contributed by atoms with Crippen LogP contribution in [-0.2, 0) is 65.4 Å². The van der Waals surface area contributed by atoms with Gasteiger partial charge in [-0.05, 0) is 37.5 Å². The minimum Gasteiger partial charge on any atom is -0.462 e. The molecule has 0 aromatic heterocycles. The molecule has 0 fully saturated rings. The van der Waals surface area contributed by atoms with Gasteiger partial charge in [0, 0.05) is 25.7 Å². The summed E-state index contributed by atoms with van der Waals surface area (Å²) in [6.45, 7) is 9.56. The summed E-state index contributed by atoms with van der Waals surface area (Å²) in [6, 6.07) is 0. The number of aliphatic hydroxyl groups excluding tert-OH is 1. The fourth-order valence-electron chi connectivity index (χ4n) is 11.7. The molecule has 0 heterocycles. The smallest absolute Gasteiger partial charge is 0.462 e. The van der Waals surface area contributed by atoms with Crippen LogP contribution in [0.5, 0.6) is 0 Å². The van der Waals surface area contributed by atoms with Gasteiger partial charge in [-0.15, -0.1) is 0 Å². The Kier molecular flexibility index (Phi) is 66.5. The van der Waals surface area contributed by atoms with Gasteiger partial charge < -0.3 is 33.8 Å². The SMILES string of the molecule is CCCCCCCCCCCCCCCCCCC(=O)OC[C@H](COP(=O)(O)OC[C@@H](O)COP(=O)(O)OC[C@@H](COC(=O)CCCCCCCCCC(C)C)OC(=O)CCCCCCCCCCCCCCC)OC(=O)CCCCCCCCCCCCCCCC(C)C. The molecule has 5 atom stereocenters. The molecule has 0 saturated heterocycles. The van der Waals surface area contributed by atoms with E-state index < -0.39 is 97.5 Å². The van der Waals surface area contributed by atoms with Crippen molar-refractivity contribution in [1.82, 2.24) is 0 Å². The number of esters is 4. The highest BCUT2D eigenvalue weighted by atomic mass is 31.2. The van der Waals surface area contributed by atoms with Crippen LogP contribution in [0.1, 0.15) is 395 Å². The van der Waals surface area contributed by atoms with Gasteiger partial charge >= 0.3 is 39.5 Å². The number of ether oxygens (including phenoxy) is 4. The monoisotopic (exact) mass is 1400 g/mol. The summed E-state index contributed by atoms with van der Waals surface area (Å²) >= 11 is 0. The van der Waals surface area contributed by atoms with Crippen LogP contribution in [0.4, 0.5) is 0 Å². The van der Waals surface area contributed by atoms with Crippen LogP contribution in [0.25, 0.3) is 0 Å². The fraction of sp³-hybridized carbons (Fsp3) is 0.947. The Morgan fingerprint density at radius 2 is 0.484 bits per heavy atom. The molecule has 0 rings (SSSR count). The third-order valence-corrected chi connectivity index (χ3v) is 19.6. The second-order valence-electron chi connectivity index (χ2n) is 28.3. The van der Waals surface area contributed by atoms with Gasteiger partial charge in [0.15, 0.2) is 12.2 Å². The van der Waals surface area contributed by atoms with Gasteiger partial charge in [0.1, 0.15) is 19.3 Å². The molecular weight excluding hydrogens is 1250 g/mol. The number of phosphoric acid groups is 2. The van der Waals surface area contributed by atoms with Gasteiger partial charge in [-0.2, -0.15) is 0 Å². The summed E-state index contributed by atoms with van der Waals surface area (Å²) < 4.78 is 68.5. The molecule has 95 heavy (non-hydrogen) atoms. The molecule has 3 N–H and O–H groups in total. The van der Waals surface area contributed by atoms with E-state index in [1.165, 1.54) is 205 Å². The number of carbonyl (C=O) groups is 4. The van der Waals surface area contributed by atoms with Gasteiger partial charge in [-0.3, -0.25) is 37.3 Å². The first-order valence-electron chi connectivity index (χ1n) is 39.5. The Bertz CT molecular complexity index is 1840. The van der Waals surface area contributed by atoms with Crippen LogP contribution in [0.2, 0.25) is 0 Å². The lowest BCUT2D eigenvalue weighted by Gasteiger charge is -2.21. The van der Waals surface area contributed by atoms with E-state index in [1.54, 1.807) is 0 Å². The highest BCUT2D eigenvalue weighted by molar-refractivity contribution is 7.47. The zero-order chi connectivity index (χ0) is 70.0. The highest BCUT2D eigenvalue weighted by Gasteiger charge is 2.30. The predicted molar refractivity (Wildman–Crippen MR) is 386 cm³/mol. The average Bonchev–Trinajstić information content (AvgIpc) is 1.25. The predicted octanol–water partition coefficient (Wildman–Crippen LogP) is 22.3. The largest absolute Gasteiger partial charge is 0.472 e. The highest BCUT2D eigenvalue weighted by Crippen LogP contribution is 2.45. The molecule has 0 spiro atoms. The molecule has 17 nitrogen and oxygen atoms in total. The van der Waals surface area contributed by atoms with Crippen LogP contribution in [0.15, 0.2) is 0 Å². The molecule has 0 aromatic rings. The standard InChI is InChI=1S/C76H148O17P2/c1-7-9-11-13-15-17-19-21-22-23-27-30-34-40-46-52-58-73(78)86-64-71(92-76(81)61-55-49-42-36-32-28-24-26-29-33-38-44-50-56-68(3)4)66-90-94(82,83)88-62-70(77)63-89-95(84,85)91-67-72(65-87-74(79)59-53-47-43-37-39-45-51-57-69(5)6)93-75(80)60-54-48-41-35-31-25-20-18-16-14-12-10-8-2/h68-72,77H,7-67H2,1-6H3,(H,82,83)(H,84,85)/t70-,71-,72-/m1/s1. The van der Waals surface area contributed by atoms with Gasteiger partial charge in [0.25, 0.3) is 0 Å². The Balaban J connectivity index is 5.25. The minimum absolute atomic E-state index is 0.107. The van der Waals surface area contributed by atoms with Gasteiger partial charge in [-0.1, -0.05) is 343 Å². The molecule has 0 aliphatic rings. The van der Waals surface area contributed by atoms with Crippen molar-refractivity contribution in [2.75, 3.05) is 39.6 Å². The maximum absolute atomic E-state index is 13.1. The van der Waals surface area contributed by atoms with Crippen molar-refractivity contribution < 1.29 is 80.2 Å². The molecule has 0 bridgehead atoms. The Morgan fingerprint density at radius 3 is 0.716 bits per heavy atom. The molecule has 0 aliphatic carbocycles. The molecule has 0 aliphatic heterocycles. The van der Waals surface area contributed by atoms with Gasteiger partial charge in [0.05, 0.1) is 26.4 Å². The van der Waals surface area contributed by atoms with Crippen LogP contribution in [0, 0.1) is 11.8 Å². The summed E-state index contributed by atoms with van der Waals surface area (Å²) in [6.07, 6.45) is 55.5. The fourth-order valence-corrected chi connectivity index (χ4v) is 13.2. The van der Waals surface area contributed by atoms with E-state index >= 15 is 0 Å². The first-order chi connectivity index (χ1) is 45.9. The number of hydrogen-bond donors (Lipinski definition) is 3. The lowest BCUT2D eigenvalue weighted by atomic mass is 10.0. The van der Waals surface area contributed by atoms with Gasteiger partial charge in [-0.25, -0.2) is 9.13 Å². The number of hydrogen-bond acceptors (Lipinski definition) is 15. The van der Waals surface area contributed by atoms with Crippen molar-refractivity contribution in [2.45, 2.75) is 413 Å². The van der Waals surface area contributed by atoms with Crippen LogP contribution < -0.4 is 0 Å². The molecular formula is C76H148O17P2. The Labute approximate surface area is 581 Å². The summed E-state index contributed by atoms with van der Waals surface area (Å²) in [5.41, 5.74) is 0. The van der Waals surface area contributed by atoms with Crippen molar-refractivity contribution in [3.05, 3.63) is 0 Å². The lowest BCUT2D eigenvalue weighted by molar-refractivity contribution is -0.161. The Morgan fingerprint density at radius 1 is 0.284 bits per heavy atom. The second-order valence-corrected chi connectivity index (χ2v) is 31.3. The van der Waals surface area contributed by atoms with Gasteiger partial charge in [0.2, 0.25) is 0 Å². The molecule has 2 unspecified atom stereocenters. The molecule has 0 saturated carbocycles. The molecule has 0 radical (unpaired) electrons. The summed E-state index contributed by atoms with van der Waals surface area (Å²) in [5, 5.41) is 10.6. The van der Waals surface area contributed by atoms with E-state index in [2.05, 4.69) is 41.5 Å². The number of carbonyl (C=O) groups excluding carboxylic acids is 4. The minimum atomic E-state index is -4.96. The molecule has 564 valence electrons. The maximum atomic E-state index is 13.1. The van der Waals surface area contributed by atoms with Crippen molar-refractivity contribution in [1.29, 1.82) is 0 Å². The zero-order valence-corrected chi connectivity index (χ0v) is 63.8. The van der Waals surface area contributed by atoms with E-state index in [-0.39, 0.29) is 25.7 Å². The topological polar surface area (TPSA) is 237 Å². The number of aliphatic hydroxyl groups is 1. The number of rotatable bonds is 75. The van der Waals surface area contributed by atoms with E-state index in [9.17, 15) is 43.2 Å². The first kappa shape index (κ1) is 93.1. The Hall–Kier alpha value is -1.94. The zero-order valence-electron chi connectivity index (χ0n) is 62.0. The quantitative estimate of drug-likeness (QED) is 0.0222. The molecule has 19 heteroatoms. The summed E-state index contributed by atoms with van der Waals surface area (Å²) in [5.74, 6) is -0.623. The van der Waals surface area contributed by atoms with Crippen molar-refractivity contribution in [3.8, 4) is 0 Å². The van der Waals surface area contributed by atoms with E-state index in [0.717, 1.165) is 102 Å². The van der Waals surface area contributed by atoms with Crippen LogP contribution in [0.3, 0.4) is 0 Å². The van der Waals surface area contributed by atoms with E-state index in [0.29, 0.717) is 31.6 Å². The lowest BCUT2D eigenvalue weighted by Crippen LogP contribution is -2.30. The van der Waals surface area contributed by atoms with Crippen LogP contribution in [-0.4, -0.2) is 96.7 Å². The maximum Gasteiger partial charge on any atom is 0.472 e. The summed E-state index contributed by atoms with van der Waals surface area (Å²) in [4.78, 5) is 72.8. The molecule has 0 amide bonds. The third-order valence-electron chi connectivity index (χ3n) is 17.7. The van der Waals surface area contributed by atoms with Crippen LogP contribution >= 0.6 is 15.6 Å². The third kappa shape index (κ3) is 70.3. The van der Waals surface area contributed by atoms with Crippen molar-refractivity contribution in [2.24, 2.45) is 11.8 Å². The average molecular weight is 1400 g/mol. The normalized spacial score (nSPS) is 14.0. The van der Waals surface area contributed by atoms with Crippen molar-refractivity contribution >= 4 is 39.5 Å². The summed E-state index contributed by atoms with van der Waals surface area (Å²) in [7, 11) is -9.91. The second kappa shape index (κ2) is 67.9.